The summed E-state index contributed by atoms with van der Waals surface area (Å²) in [6.07, 6.45) is 4.04. The molecule has 5 nitrogen and oxygen atoms in total. The monoisotopic (exact) mass is 510 g/mol. The molecule has 0 saturated heterocycles. The van der Waals surface area contributed by atoms with Crippen LogP contribution in [0, 0.1) is 5.82 Å². The molecule has 0 aliphatic heterocycles. The number of ether oxygens (including phenoxy) is 1. The number of carbonyl (C=O) groups is 2. The van der Waals surface area contributed by atoms with Gasteiger partial charge in [-0.3, -0.25) is 9.59 Å². The fraction of sp³-hybridized carbons (Fsp3) is 0.391. The predicted molar refractivity (Wildman–Crippen MR) is 121 cm³/mol. The molecule has 2 amide bonds. The Morgan fingerprint density at radius 2 is 1.97 bits per heavy atom. The van der Waals surface area contributed by atoms with Crippen molar-refractivity contribution < 1.29 is 18.7 Å². The molecule has 1 aliphatic rings. The standard InChI is InChI=1S/C23H25BrClFN2O3/c1-15(23(30)27-18-7-3-4-8-18)28(13-16-6-2-5-9-20(16)26)22(29)14-31-21-11-10-17(24)12-19(21)25/h2,5-6,9-12,15,18H,3-4,7-8,13-14H2,1H3,(H,27,30). The molecule has 0 heterocycles. The van der Waals surface area contributed by atoms with E-state index < -0.39 is 17.8 Å². The lowest BCUT2D eigenvalue weighted by Gasteiger charge is -2.29. The zero-order valence-corrected chi connectivity index (χ0v) is 19.6. The molecular weight excluding hydrogens is 487 g/mol. The Hall–Kier alpha value is -2.12. The lowest BCUT2D eigenvalue weighted by atomic mass is 10.1. The topological polar surface area (TPSA) is 58.6 Å². The minimum absolute atomic E-state index is 0.0395. The van der Waals surface area contributed by atoms with E-state index in [1.807, 2.05) is 0 Å². The molecule has 8 heteroatoms. The Morgan fingerprint density at radius 3 is 2.65 bits per heavy atom. The van der Waals surface area contributed by atoms with Gasteiger partial charge in [-0.2, -0.15) is 0 Å². The summed E-state index contributed by atoms with van der Waals surface area (Å²) in [4.78, 5) is 27.2. The van der Waals surface area contributed by atoms with Crippen molar-refractivity contribution in [2.75, 3.05) is 6.61 Å². The first-order valence-electron chi connectivity index (χ1n) is 10.3. The van der Waals surface area contributed by atoms with E-state index in [9.17, 15) is 14.0 Å². The van der Waals surface area contributed by atoms with Gasteiger partial charge in [-0.15, -0.1) is 0 Å². The van der Waals surface area contributed by atoms with Crippen LogP contribution in [0.3, 0.4) is 0 Å². The van der Waals surface area contributed by atoms with Gasteiger partial charge in [0.05, 0.1) is 5.02 Å². The Bertz CT molecular complexity index is 937. The summed E-state index contributed by atoms with van der Waals surface area (Å²) in [6.45, 7) is 1.29. The van der Waals surface area contributed by atoms with E-state index in [0.29, 0.717) is 16.3 Å². The smallest absolute Gasteiger partial charge is 0.261 e. The van der Waals surface area contributed by atoms with Crippen LogP contribution in [-0.2, 0) is 16.1 Å². The van der Waals surface area contributed by atoms with Crippen LogP contribution >= 0.6 is 27.5 Å². The Labute approximate surface area is 195 Å². The Kier molecular flexibility index (Phi) is 8.32. The van der Waals surface area contributed by atoms with Crippen molar-refractivity contribution in [2.24, 2.45) is 0 Å². The average Bonchev–Trinajstić information content (AvgIpc) is 3.25. The van der Waals surface area contributed by atoms with Crippen molar-refractivity contribution in [3.63, 3.8) is 0 Å². The summed E-state index contributed by atoms with van der Waals surface area (Å²) in [5, 5.41) is 3.37. The third kappa shape index (κ3) is 6.43. The SMILES string of the molecule is CC(C(=O)NC1CCCC1)N(Cc1ccccc1F)C(=O)COc1ccc(Br)cc1Cl. The van der Waals surface area contributed by atoms with Gasteiger partial charge in [0.15, 0.2) is 6.61 Å². The van der Waals surface area contributed by atoms with Gasteiger partial charge in [-0.1, -0.05) is 58.6 Å². The van der Waals surface area contributed by atoms with Gasteiger partial charge < -0.3 is 15.0 Å². The van der Waals surface area contributed by atoms with Crippen LogP contribution in [0.25, 0.3) is 0 Å². The van der Waals surface area contributed by atoms with E-state index in [4.69, 9.17) is 16.3 Å². The number of amides is 2. The first kappa shape index (κ1) is 23.5. The molecule has 0 aromatic heterocycles. The second-order valence-corrected chi connectivity index (χ2v) is 8.97. The van der Waals surface area contributed by atoms with E-state index >= 15 is 0 Å². The van der Waals surface area contributed by atoms with Gasteiger partial charge in [0, 0.05) is 22.6 Å². The first-order valence-corrected chi connectivity index (χ1v) is 11.4. The molecular formula is C23H25BrClFN2O3. The molecule has 1 aliphatic carbocycles. The van der Waals surface area contributed by atoms with E-state index in [1.165, 1.54) is 11.0 Å². The number of carbonyl (C=O) groups excluding carboxylic acids is 2. The lowest BCUT2D eigenvalue weighted by molar-refractivity contribution is -0.142. The zero-order chi connectivity index (χ0) is 22.4. The summed E-state index contributed by atoms with van der Waals surface area (Å²) in [7, 11) is 0. The fourth-order valence-electron chi connectivity index (χ4n) is 3.60. The van der Waals surface area contributed by atoms with Crippen molar-refractivity contribution >= 4 is 39.3 Å². The van der Waals surface area contributed by atoms with Gasteiger partial charge in [0.2, 0.25) is 5.91 Å². The maximum Gasteiger partial charge on any atom is 0.261 e. The van der Waals surface area contributed by atoms with Crippen LogP contribution in [0.15, 0.2) is 46.9 Å². The summed E-state index contributed by atoms with van der Waals surface area (Å²) >= 11 is 9.48. The van der Waals surface area contributed by atoms with E-state index in [-0.39, 0.29) is 25.1 Å². The highest BCUT2D eigenvalue weighted by Crippen LogP contribution is 2.28. The summed E-state index contributed by atoms with van der Waals surface area (Å²) in [5.74, 6) is -0.762. The minimum Gasteiger partial charge on any atom is -0.482 e. The molecule has 3 rings (SSSR count). The molecule has 2 aromatic carbocycles. The molecule has 2 aromatic rings. The fourth-order valence-corrected chi connectivity index (χ4v) is 4.33. The zero-order valence-electron chi connectivity index (χ0n) is 17.2. The number of benzene rings is 2. The Balaban J connectivity index is 1.74. The van der Waals surface area contributed by atoms with Crippen LogP contribution in [0.5, 0.6) is 5.75 Å². The van der Waals surface area contributed by atoms with Crippen LogP contribution in [-0.4, -0.2) is 35.4 Å². The second kappa shape index (κ2) is 11.0. The number of hydrogen-bond acceptors (Lipinski definition) is 3. The molecule has 1 saturated carbocycles. The molecule has 0 spiro atoms. The quantitative estimate of drug-likeness (QED) is 0.537. The summed E-state index contributed by atoms with van der Waals surface area (Å²) in [5.41, 5.74) is 0.332. The third-order valence-electron chi connectivity index (χ3n) is 5.41. The Morgan fingerprint density at radius 1 is 1.26 bits per heavy atom. The highest BCUT2D eigenvalue weighted by atomic mass is 79.9. The molecule has 1 unspecified atom stereocenters. The van der Waals surface area contributed by atoms with Gasteiger partial charge >= 0.3 is 0 Å². The maximum absolute atomic E-state index is 14.3. The molecule has 166 valence electrons. The number of rotatable bonds is 8. The minimum atomic E-state index is -0.781. The molecule has 31 heavy (non-hydrogen) atoms. The third-order valence-corrected chi connectivity index (χ3v) is 6.20. The number of hydrogen-bond donors (Lipinski definition) is 1. The number of nitrogens with zero attached hydrogens (tertiary/aromatic N) is 1. The first-order chi connectivity index (χ1) is 14.8. The van der Waals surface area contributed by atoms with Crippen molar-refractivity contribution in [3.8, 4) is 5.75 Å². The molecule has 1 N–H and O–H groups in total. The van der Waals surface area contributed by atoms with Crippen LogP contribution in [0.1, 0.15) is 38.2 Å². The van der Waals surface area contributed by atoms with E-state index in [2.05, 4.69) is 21.2 Å². The van der Waals surface area contributed by atoms with Gasteiger partial charge in [-0.25, -0.2) is 4.39 Å². The largest absolute Gasteiger partial charge is 0.482 e. The highest BCUT2D eigenvalue weighted by Gasteiger charge is 2.29. The van der Waals surface area contributed by atoms with Crippen molar-refractivity contribution in [3.05, 3.63) is 63.3 Å². The van der Waals surface area contributed by atoms with Crippen LogP contribution < -0.4 is 10.1 Å². The normalized spacial score (nSPS) is 14.8. The van der Waals surface area contributed by atoms with Crippen molar-refractivity contribution in [1.82, 2.24) is 10.2 Å². The number of halogens is 3. The van der Waals surface area contributed by atoms with Crippen LogP contribution in [0.4, 0.5) is 4.39 Å². The molecule has 1 atom stereocenters. The second-order valence-electron chi connectivity index (χ2n) is 7.64. The predicted octanol–water partition coefficient (Wildman–Crippen LogP) is 5.10. The van der Waals surface area contributed by atoms with Crippen molar-refractivity contribution in [1.29, 1.82) is 0 Å². The van der Waals surface area contributed by atoms with Gasteiger partial charge in [-0.05, 0) is 44.0 Å². The molecule has 0 radical (unpaired) electrons. The van der Waals surface area contributed by atoms with Crippen molar-refractivity contribution in [2.45, 2.75) is 51.2 Å². The molecule has 1 fully saturated rings. The summed E-state index contributed by atoms with van der Waals surface area (Å²) in [6, 6.07) is 10.6. The molecule has 0 bridgehead atoms. The summed E-state index contributed by atoms with van der Waals surface area (Å²) < 4.78 is 20.6. The highest BCUT2D eigenvalue weighted by molar-refractivity contribution is 9.10. The maximum atomic E-state index is 14.3. The van der Waals surface area contributed by atoms with Gasteiger partial charge in [0.1, 0.15) is 17.6 Å². The lowest BCUT2D eigenvalue weighted by Crippen LogP contribution is -2.50. The van der Waals surface area contributed by atoms with E-state index in [0.717, 1.165) is 30.2 Å². The number of nitrogens with one attached hydrogen (secondary N) is 1. The van der Waals surface area contributed by atoms with E-state index in [1.54, 1.807) is 43.3 Å². The van der Waals surface area contributed by atoms with Gasteiger partial charge in [0.25, 0.3) is 5.91 Å². The van der Waals surface area contributed by atoms with Crippen LogP contribution in [0.2, 0.25) is 5.02 Å². The average molecular weight is 512 g/mol.